The zero-order valence-corrected chi connectivity index (χ0v) is 15.5. The molecule has 0 atom stereocenters. The van der Waals surface area contributed by atoms with Gasteiger partial charge in [-0.2, -0.15) is 0 Å². The van der Waals surface area contributed by atoms with E-state index in [0.717, 1.165) is 0 Å². The predicted molar refractivity (Wildman–Crippen MR) is 104 cm³/mol. The van der Waals surface area contributed by atoms with Crippen molar-refractivity contribution in [1.29, 1.82) is 0 Å². The largest absolute Gasteiger partial charge is 0.366 e. The number of benzene rings is 2. The molecule has 4 N–H and O–H groups in total. The van der Waals surface area contributed by atoms with Crippen LogP contribution in [0.1, 0.15) is 44.9 Å². The van der Waals surface area contributed by atoms with Gasteiger partial charge >= 0.3 is 6.03 Å². The summed E-state index contributed by atoms with van der Waals surface area (Å²) in [4.78, 5) is 49.8. The van der Waals surface area contributed by atoms with E-state index in [1.54, 1.807) is 24.3 Å². The maximum absolute atomic E-state index is 12.5. The minimum atomic E-state index is -0.664. The van der Waals surface area contributed by atoms with Crippen molar-refractivity contribution in [2.75, 3.05) is 17.2 Å². The number of para-hydroxylation sites is 1. The minimum Gasteiger partial charge on any atom is -0.366 e. The molecule has 1 heterocycles. The van der Waals surface area contributed by atoms with E-state index < -0.39 is 11.9 Å². The number of imide groups is 1. The van der Waals surface area contributed by atoms with Crippen molar-refractivity contribution in [2.45, 2.75) is 13.8 Å². The zero-order valence-electron chi connectivity index (χ0n) is 15.5. The lowest BCUT2D eigenvalue weighted by Gasteiger charge is -2.15. The van der Waals surface area contributed by atoms with Crippen molar-refractivity contribution < 1.29 is 19.2 Å². The lowest BCUT2D eigenvalue weighted by Crippen LogP contribution is -2.33. The van der Waals surface area contributed by atoms with Gasteiger partial charge < -0.3 is 16.4 Å². The second-order valence-electron chi connectivity index (χ2n) is 6.86. The van der Waals surface area contributed by atoms with E-state index in [1.165, 1.54) is 23.1 Å². The van der Waals surface area contributed by atoms with Gasteiger partial charge in [0.25, 0.3) is 17.7 Å². The first-order valence-electron chi connectivity index (χ1n) is 8.75. The number of rotatable bonds is 5. The molecule has 144 valence electrons. The summed E-state index contributed by atoms with van der Waals surface area (Å²) in [6.07, 6.45) is 0. The van der Waals surface area contributed by atoms with Gasteiger partial charge in [0.1, 0.15) is 0 Å². The number of primary amides is 1. The average molecular weight is 380 g/mol. The van der Waals surface area contributed by atoms with Crippen LogP contribution in [0.15, 0.2) is 42.5 Å². The van der Waals surface area contributed by atoms with Crippen LogP contribution >= 0.6 is 0 Å². The number of nitrogens with two attached hydrogens (primary N) is 1. The van der Waals surface area contributed by atoms with Crippen LogP contribution in [0.2, 0.25) is 0 Å². The summed E-state index contributed by atoms with van der Waals surface area (Å²) in [5.41, 5.74) is 6.65. The van der Waals surface area contributed by atoms with E-state index in [4.69, 9.17) is 5.73 Å². The average Bonchev–Trinajstić information content (AvgIpc) is 2.86. The van der Waals surface area contributed by atoms with Crippen LogP contribution in [0.25, 0.3) is 0 Å². The number of urea groups is 1. The number of hydrogen-bond acceptors (Lipinski definition) is 4. The number of nitrogens with zero attached hydrogens (tertiary/aromatic N) is 1. The fourth-order valence-electron chi connectivity index (χ4n) is 2.99. The lowest BCUT2D eigenvalue weighted by molar-refractivity contribution is 0.0636. The van der Waals surface area contributed by atoms with E-state index in [2.05, 4.69) is 10.6 Å². The van der Waals surface area contributed by atoms with Crippen LogP contribution in [0.5, 0.6) is 0 Å². The minimum absolute atomic E-state index is 0.149. The molecule has 2 aromatic carbocycles. The molecule has 8 nitrogen and oxygen atoms in total. The first-order valence-corrected chi connectivity index (χ1v) is 8.75. The van der Waals surface area contributed by atoms with Gasteiger partial charge in [-0.15, -0.1) is 0 Å². The molecule has 0 aromatic heterocycles. The molecule has 0 unspecified atom stereocenters. The Labute approximate surface area is 161 Å². The van der Waals surface area contributed by atoms with Crippen molar-refractivity contribution >= 4 is 35.1 Å². The molecule has 0 bridgehead atoms. The number of fused-ring (bicyclic) bond motifs is 1. The quantitative estimate of drug-likeness (QED) is 0.690. The molecule has 0 radical (unpaired) electrons. The van der Waals surface area contributed by atoms with Gasteiger partial charge in [-0.3, -0.25) is 19.3 Å². The Morgan fingerprint density at radius 1 is 1.00 bits per heavy atom. The molecule has 0 spiro atoms. The Balaban J connectivity index is 1.76. The Bertz CT molecular complexity index is 984. The topological polar surface area (TPSA) is 122 Å². The molecule has 5 amide bonds. The van der Waals surface area contributed by atoms with E-state index in [0.29, 0.717) is 17.8 Å². The summed E-state index contributed by atoms with van der Waals surface area (Å²) in [6, 6.07) is 10.3. The summed E-state index contributed by atoms with van der Waals surface area (Å²) in [7, 11) is 0. The van der Waals surface area contributed by atoms with Crippen LogP contribution in [-0.4, -0.2) is 35.2 Å². The predicted octanol–water partition coefficient (Wildman–Crippen LogP) is 2.68. The molecule has 0 fully saturated rings. The van der Waals surface area contributed by atoms with Gasteiger partial charge in [-0.25, -0.2) is 4.79 Å². The third-order valence-electron chi connectivity index (χ3n) is 4.22. The fraction of sp³-hybridized carbons (Fsp3) is 0.200. The van der Waals surface area contributed by atoms with Gasteiger partial charge in [-0.05, 0) is 36.2 Å². The van der Waals surface area contributed by atoms with Crippen molar-refractivity contribution in [2.24, 2.45) is 11.7 Å². The molecule has 2 aromatic rings. The van der Waals surface area contributed by atoms with Crippen LogP contribution in [0.3, 0.4) is 0 Å². The molecular formula is C20H20N4O4. The van der Waals surface area contributed by atoms with Gasteiger partial charge in [0, 0.05) is 12.2 Å². The monoisotopic (exact) mass is 380 g/mol. The van der Waals surface area contributed by atoms with Crippen molar-refractivity contribution in [3.8, 4) is 0 Å². The van der Waals surface area contributed by atoms with Gasteiger partial charge in [0.05, 0.1) is 22.4 Å². The Morgan fingerprint density at radius 2 is 1.68 bits per heavy atom. The van der Waals surface area contributed by atoms with Gasteiger partial charge in [0.15, 0.2) is 0 Å². The summed E-state index contributed by atoms with van der Waals surface area (Å²) in [6.45, 7) is 4.18. The molecule has 0 saturated heterocycles. The summed E-state index contributed by atoms with van der Waals surface area (Å²) in [5.74, 6) is -1.23. The van der Waals surface area contributed by atoms with Crippen LogP contribution < -0.4 is 16.4 Å². The highest BCUT2D eigenvalue weighted by Gasteiger charge is 2.35. The Hall–Kier alpha value is -3.68. The van der Waals surface area contributed by atoms with Crippen molar-refractivity contribution in [1.82, 2.24) is 4.90 Å². The number of carbonyl (C=O) groups excluding carboxylic acids is 4. The third-order valence-corrected chi connectivity index (χ3v) is 4.22. The highest BCUT2D eigenvalue weighted by Crippen LogP contribution is 2.26. The first-order chi connectivity index (χ1) is 13.3. The highest BCUT2D eigenvalue weighted by molar-refractivity contribution is 6.22. The van der Waals surface area contributed by atoms with Crippen molar-refractivity contribution in [3.63, 3.8) is 0 Å². The van der Waals surface area contributed by atoms with Crippen molar-refractivity contribution in [3.05, 3.63) is 59.2 Å². The zero-order chi connectivity index (χ0) is 20.4. The molecule has 0 saturated carbocycles. The van der Waals surface area contributed by atoms with Crippen LogP contribution in [0.4, 0.5) is 16.2 Å². The van der Waals surface area contributed by atoms with Gasteiger partial charge in [-0.1, -0.05) is 26.0 Å². The van der Waals surface area contributed by atoms with Crippen LogP contribution in [0, 0.1) is 5.92 Å². The maximum atomic E-state index is 12.5. The standard InChI is InChI=1S/C20H20N4O4/c1-11(2)10-24-18(26)13-8-7-12(9-15(13)19(24)27)22-20(28)23-16-6-4-3-5-14(16)17(21)25/h3-9,11H,10H2,1-2H3,(H2,21,25)(H2,22,23,28). The second kappa shape index (κ2) is 7.51. The summed E-state index contributed by atoms with van der Waals surface area (Å²) >= 11 is 0. The summed E-state index contributed by atoms with van der Waals surface area (Å²) in [5, 5.41) is 5.14. The second-order valence-corrected chi connectivity index (χ2v) is 6.86. The smallest absolute Gasteiger partial charge is 0.323 e. The first kappa shape index (κ1) is 19.1. The van der Waals surface area contributed by atoms with E-state index in [1.807, 2.05) is 13.8 Å². The molecular weight excluding hydrogens is 360 g/mol. The fourth-order valence-corrected chi connectivity index (χ4v) is 2.99. The molecule has 3 rings (SSSR count). The lowest BCUT2D eigenvalue weighted by atomic mass is 10.1. The highest BCUT2D eigenvalue weighted by atomic mass is 16.2. The number of carbonyl (C=O) groups is 4. The normalized spacial score (nSPS) is 12.9. The molecule has 0 aliphatic carbocycles. The van der Waals surface area contributed by atoms with Gasteiger partial charge in [0.2, 0.25) is 0 Å². The number of amides is 5. The van der Waals surface area contributed by atoms with E-state index in [9.17, 15) is 19.2 Å². The molecule has 1 aliphatic rings. The van der Waals surface area contributed by atoms with E-state index >= 15 is 0 Å². The number of nitrogens with one attached hydrogen (secondary N) is 2. The Kier molecular flexibility index (Phi) is 5.12. The third kappa shape index (κ3) is 3.71. The molecule has 8 heteroatoms. The van der Waals surface area contributed by atoms with E-state index in [-0.39, 0.29) is 34.5 Å². The molecule has 1 aliphatic heterocycles. The summed E-state index contributed by atoms with van der Waals surface area (Å²) < 4.78 is 0. The SMILES string of the molecule is CC(C)CN1C(=O)c2ccc(NC(=O)Nc3ccccc3C(N)=O)cc2C1=O. The van der Waals surface area contributed by atoms with Crippen LogP contribution in [-0.2, 0) is 0 Å². The molecule has 28 heavy (non-hydrogen) atoms. The maximum Gasteiger partial charge on any atom is 0.323 e. The Morgan fingerprint density at radius 3 is 2.36 bits per heavy atom. The number of hydrogen-bond donors (Lipinski definition) is 3. The number of anilines is 2.